The van der Waals surface area contributed by atoms with Crippen LogP contribution in [0.25, 0.3) is 0 Å². The van der Waals surface area contributed by atoms with Gasteiger partial charge in [0, 0.05) is 13.1 Å². The summed E-state index contributed by atoms with van der Waals surface area (Å²) >= 11 is 0. The molecule has 80 valence electrons. The first-order chi connectivity index (χ1) is 6.76. The minimum Gasteiger partial charge on any atom is -0.316 e. The van der Waals surface area contributed by atoms with Crippen LogP contribution < -0.4 is 5.73 Å². The average molecular weight is 195 g/mol. The van der Waals surface area contributed by atoms with Crippen LogP contribution in [0.4, 0.5) is 0 Å². The summed E-state index contributed by atoms with van der Waals surface area (Å²) < 4.78 is 0. The summed E-state index contributed by atoms with van der Waals surface area (Å²) in [6, 6.07) is 1.80. The van der Waals surface area contributed by atoms with Gasteiger partial charge in [-0.1, -0.05) is 13.3 Å². The third-order valence-electron chi connectivity index (χ3n) is 3.10. The number of likely N-dealkylation sites (tertiary alicyclic amines) is 1. The van der Waals surface area contributed by atoms with Crippen molar-refractivity contribution in [2.45, 2.75) is 38.6 Å². The van der Waals surface area contributed by atoms with E-state index in [2.05, 4.69) is 17.9 Å². The maximum absolute atomic E-state index is 8.57. The fraction of sp³-hybridized carbons (Fsp3) is 0.909. The number of piperidine rings is 1. The zero-order chi connectivity index (χ0) is 10.4. The van der Waals surface area contributed by atoms with Gasteiger partial charge in [0.15, 0.2) is 0 Å². The Morgan fingerprint density at radius 1 is 1.64 bits per heavy atom. The molecule has 0 bridgehead atoms. The van der Waals surface area contributed by atoms with E-state index in [-0.39, 0.29) is 6.04 Å². The molecule has 1 aliphatic heterocycles. The quantitative estimate of drug-likeness (QED) is 0.736. The van der Waals surface area contributed by atoms with Crippen LogP contribution in [-0.4, -0.2) is 30.6 Å². The molecule has 1 fully saturated rings. The van der Waals surface area contributed by atoms with Crippen LogP contribution in [0.2, 0.25) is 0 Å². The van der Waals surface area contributed by atoms with Gasteiger partial charge < -0.3 is 10.6 Å². The highest BCUT2D eigenvalue weighted by atomic mass is 15.1. The summed E-state index contributed by atoms with van der Waals surface area (Å²) in [5.74, 6) is 0.863. The van der Waals surface area contributed by atoms with Gasteiger partial charge in [0.05, 0.1) is 12.1 Å². The Morgan fingerprint density at radius 2 is 2.43 bits per heavy atom. The van der Waals surface area contributed by atoms with E-state index < -0.39 is 0 Å². The lowest BCUT2D eigenvalue weighted by molar-refractivity contribution is 0.169. The molecule has 0 amide bonds. The van der Waals surface area contributed by atoms with Crippen LogP contribution in [0.1, 0.15) is 32.6 Å². The molecule has 1 rings (SSSR count). The van der Waals surface area contributed by atoms with Crippen molar-refractivity contribution in [3.8, 4) is 6.07 Å². The fourth-order valence-electron chi connectivity index (χ4n) is 2.07. The highest BCUT2D eigenvalue weighted by Crippen LogP contribution is 2.19. The number of hydrogen-bond acceptors (Lipinski definition) is 3. The maximum Gasteiger partial charge on any atom is 0.0940 e. The van der Waals surface area contributed by atoms with Gasteiger partial charge >= 0.3 is 0 Å². The normalized spacial score (nSPS) is 25.6. The van der Waals surface area contributed by atoms with Crippen LogP contribution in [0.5, 0.6) is 0 Å². The molecule has 3 heteroatoms. The molecule has 1 saturated heterocycles. The molecule has 3 nitrogen and oxygen atoms in total. The number of nitrogens with zero attached hydrogens (tertiary/aromatic N) is 2. The van der Waals surface area contributed by atoms with Crippen LogP contribution in [0, 0.1) is 17.2 Å². The van der Waals surface area contributed by atoms with E-state index >= 15 is 0 Å². The van der Waals surface area contributed by atoms with Gasteiger partial charge in [0.2, 0.25) is 0 Å². The van der Waals surface area contributed by atoms with E-state index in [1.165, 1.54) is 32.4 Å². The van der Waals surface area contributed by atoms with Gasteiger partial charge in [0.1, 0.15) is 0 Å². The van der Waals surface area contributed by atoms with Crippen molar-refractivity contribution < 1.29 is 0 Å². The van der Waals surface area contributed by atoms with Crippen LogP contribution in [0.15, 0.2) is 0 Å². The van der Waals surface area contributed by atoms with Gasteiger partial charge in [-0.3, -0.25) is 0 Å². The van der Waals surface area contributed by atoms with Gasteiger partial charge in [-0.25, -0.2) is 0 Å². The highest BCUT2D eigenvalue weighted by Gasteiger charge is 2.18. The third-order valence-corrected chi connectivity index (χ3v) is 3.10. The summed E-state index contributed by atoms with van der Waals surface area (Å²) in [7, 11) is 0. The van der Waals surface area contributed by atoms with E-state index in [9.17, 15) is 0 Å². The van der Waals surface area contributed by atoms with E-state index in [0.29, 0.717) is 0 Å². The highest BCUT2D eigenvalue weighted by molar-refractivity contribution is 4.87. The molecular formula is C11H21N3. The molecule has 0 aromatic carbocycles. The van der Waals surface area contributed by atoms with Crippen molar-refractivity contribution in [3.05, 3.63) is 0 Å². The van der Waals surface area contributed by atoms with Crippen molar-refractivity contribution in [3.63, 3.8) is 0 Å². The Hall–Kier alpha value is -0.590. The SMILES string of the molecule is CCC1CCCN(CCC(N)C#N)C1. The lowest BCUT2D eigenvalue weighted by Crippen LogP contribution is -2.37. The molecule has 14 heavy (non-hydrogen) atoms. The maximum atomic E-state index is 8.57. The smallest absolute Gasteiger partial charge is 0.0940 e. The van der Waals surface area contributed by atoms with E-state index in [0.717, 1.165) is 18.9 Å². The molecule has 2 N–H and O–H groups in total. The third kappa shape index (κ3) is 3.65. The molecule has 1 heterocycles. The summed E-state index contributed by atoms with van der Waals surface area (Å²) in [5.41, 5.74) is 5.57. The number of hydrogen-bond donors (Lipinski definition) is 1. The van der Waals surface area contributed by atoms with Crippen molar-refractivity contribution in [1.82, 2.24) is 4.90 Å². The lowest BCUT2D eigenvalue weighted by atomic mass is 9.95. The largest absolute Gasteiger partial charge is 0.316 e. The summed E-state index contributed by atoms with van der Waals surface area (Å²) in [4.78, 5) is 2.45. The number of nitrogens with two attached hydrogens (primary N) is 1. The van der Waals surface area contributed by atoms with Gasteiger partial charge in [-0.2, -0.15) is 5.26 Å². The molecule has 0 saturated carbocycles. The van der Waals surface area contributed by atoms with Crippen molar-refractivity contribution in [2.24, 2.45) is 11.7 Å². The van der Waals surface area contributed by atoms with Gasteiger partial charge in [-0.15, -0.1) is 0 Å². The van der Waals surface area contributed by atoms with E-state index in [1.807, 2.05) is 0 Å². The Bertz CT molecular complexity index is 197. The average Bonchev–Trinajstić information content (AvgIpc) is 2.26. The first-order valence-corrected chi connectivity index (χ1v) is 5.63. The van der Waals surface area contributed by atoms with Crippen LogP contribution in [-0.2, 0) is 0 Å². The Labute approximate surface area is 86.9 Å². The lowest BCUT2D eigenvalue weighted by Gasteiger charge is -2.32. The predicted molar refractivity (Wildman–Crippen MR) is 57.7 cm³/mol. The van der Waals surface area contributed by atoms with Crippen molar-refractivity contribution in [1.29, 1.82) is 5.26 Å². The standard InChI is InChI=1S/C11H21N3/c1-2-10-4-3-6-14(9-10)7-5-11(13)8-12/h10-11H,2-7,9,13H2,1H3. The Balaban J connectivity index is 2.21. The minimum atomic E-state index is -0.281. The molecule has 0 spiro atoms. The summed E-state index contributed by atoms with van der Waals surface area (Å²) in [5, 5.41) is 8.57. The van der Waals surface area contributed by atoms with Crippen LogP contribution >= 0.6 is 0 Å². The van der Waals surface area contributed by atoms with Gasteiger partial charge in [-0.05, 0) is 31.7 Å². The van der Waals surface area contributed by atoms with E-state index in [4.69, 9.17) is 11.0 Å². The van der Waals surface area contributed by atoms with Crippen LogP contribution in [0.3, 0.4) is 0 Å². The molecule has 0 radical (unpaired) electrons. The first-order valence-electron chi connectivity index (χ1n) is 5.63. The summed E-state index contributed by atoms with van der Waals surface area (Å²) in [6.07, 6.45) is 4.77. The zero-order valence-corrected chi connectivity index (χ0v) is 9.08. The number of rotatable bonds is 4. The van der Waals surface area contributed by atoms with Crippen molar-refractivity contribution >= 4 is 0 Å². The van der Waals surface area contributed by atoms with E-state index in [1.54, 1.807) is 0 Å². The monoisotopic (exact) mass is 195 g/mol. The summed E-state index contributed by atoms with van der Waals surface area (Å²) in [6.45, 7) is 5.64. The zero-order valence-electron chi connectivity index (χ0n) is 9.08. The Morgan fingerprint density at radius 3 is 3.07 bits per heavy atom. The van der Waals surface area contributed by atoms with Crippen molar-refractivity contribution in [2.75, 3.05) is 19.6 Å². The second kappa shape index (κ2) is 6.00. The van der Waals surface area contributed by atoms with Gasteiger partial charge in [0.25, 0.3) is 0 Å². The minimum absolute atomic E-state index is 0.281. The molecule has 0 aromatic heterocycles. The predicted octanol–water partition coefficient (Wildman–Crippen LogP) is 1.35. The topological polar surface area (TPSA) is 53.0 Å². The second-order valence-corrected chi connectivity index (χ2v) is 4.24. The molecule has 2 atom stereocenters. The molecular weight excluding hydrogens is 174 g/mol. The molecule has 0 aromatic rings. The molecule has 0 aliphatic carbocycles. The molecule has 1 aliphatic rings. The second-order valence-electron chi connectivity index (χ2n) is 4.24. The first kappa shape index (κ1) is 11.5. The number of nitriles is 1. The molecule has 2 unspecified atom stereocenters. The Kier molecular flexibility index (Phi) is 4.92. The fourth-order valence-corrected chi connectivity index (χ4v) is 2.07.